The van der Waals surface area contributed by atoms with Gasteiger partial charge in [0.2, 0.25) is 0 Å². The van der Waals surface area contributed by atoms with E-state index in [0.29, 0.717) is 6.42 Å². The van der Waals surface area contributed by atoms with Gasteiger partial charge in [-0.2, -0.15) is 0 Å². The van der Waals surface area contributed by atoms with Crippen molar-refractivity contribution in [3.8, 4) is 0 Å². The third-order valence-electron chi connectivity index (χ3n) is 3.16. The monoisotopic (exact) mass is 275 g/mol. The van der Waals surface area contributed by atoms with Gasteiger partial charge in [0.15, 0.2) is 0 Å². The highest BCUT2D eigenvalue weighted by Gasteiger charge is 2.24. The minimum absolute atomic E-state index is 0.0838. The summed E-state index contributed by atoms with van der Waals surface area (Å²) in [7, 11) is 0. The van der Waals surface area contributed by atoms with Crippen LogP contribution in [-0.4, -0.2) is 21.4 Å². The molecular weight excluding hydrogens is 254 g/mol. The van der Waals surface area contributed by atoms with E-state index in [2.05, 4.69) is 0 Å². The summed E-state index contributed by atoms with van der Waals surface area (Å²) in [4.78, 5) is 12.4. The standard InChI is InChI=1S/C16H21NO3/c1-5-13-12(10-18)11-8-6-7-9-14(11)17(13)15(19)20-16(2,3)4/h6-9,18H,5,10H2,1-4H3. The number of rotatable bonds is 2. The van der Waals surface area contributed by atoms with E-state index in [9.17, 15) is 9.90 Å². The van der Waals surface area contributed by atoms with Crippen LogP contribution in [0.5, 0.6) is 0 Å². The molecule has 0 aliphatic heterocycles. The first-order chi connectivity index (χ1) is 9.39. The van der Waals surface area contributed by atoms with Crippen molar-refractivity contribution in [3.05, 3.63) is 35.5 Å². The zero-order valence-electron chi connectivity index (χ0n) is 12.4. The van der Waals surface area contributed by atoms with Crippen molar-refractivity contribution in [3.63, 3.8) is 0 Å². The normalized spacial score (nSPS) is 11.8. The van der Waals surface area contributed by atoms with Crippen LogP contribution in [0.3, 0.4) is 0 Å². The van der Waals surface area contributed by atoms with E-state index in [-0.39, 0.29) is 6.61 Å². The summed E-state index contributed by atoms with van der Waals surface area (Å²) in [5, 5.41) is 10.5. The molecule has 0 saturated carbocycles. The maximum absolute atomic E-state index is 12.4. The molecule has 2 rings (SSSR count). The second-order valence-electron chi connectivity index (χ2n) is 5.77. The Balaban J connectivity index is 2.65. The number of benzene rings is 1. The Morgan fingerprint density at radius 1 is 1.30 bits per heavy atom. The minimum Gasteiger partial charge on any atom is -0.443 e. The first kappa shape index (κ1) is 14.6. The van der Waals surface area contributed by atoms with Crippen LogP contribution in [0, 0.1) is 0 Å². The van der Waals surface area contributed by atoms with Gasteiger partial charge in [-0.05, 0) is 33.3 Å². The molecule has 20 heavy (non-hydrogen) atoms. The summed E-state index contributed by atoms with van der Waals surface area (Å²) in [6.45, 7) is 7.41. The van der Waals surface area contributed by atoms with Crippen molar-refractivity contribution in [2.75, 3.05) is 0 Å². The molecule has 4 heteroatoms. The first-order valence-electron chi connectivity index (χ1n) is 6.84. The lowest BCUT2D eigenvalue weighted by molar-refractivity contribution is 0.0540. The SMILES string of the molecule is CCc1c(CO)c2ccccc2n1C(=O)OC(C)(C)C. The van der Waals surface area contributed by atoms with Gasteiger partial charge in [0.25, 0.3) is 0 Å². The lowest BCUT2D eigenvalue weighted by Gasteiger charge is -2.21. The Bertz CT molecular complexity index is 635. The molecule has 0 fully saturated rings. The van der Waals surface area contributed by atoms with Crippen LogP contribution in [-0.2, 0) is 17.8 Å². The van der Waals surface area contributed by atoms with Crippen molar-refractivity contribution in [2.24, 2.45) is 0 Å². The average Bonchev–Trinajstić information content (AvgIpc) is 2.69. The largest absolute Gasteiger partial charge is 0.443 e. The lowest BCUT2D eigenvalue weighted by Crippen LogP contribution is -2.28. The van der Waals surface area contributed by atoms with Gasteiger partial charge in [0.1, 0.15) is 5.60 Å². The molecule has 1 heterocycles. The van der Waals surface area contributed by atoms with Gasteiger partial charge in [0, 0.05) is 16.6 Å². The fourth-order valence-corrected chi connectivity index (χ4v) is 2.42. The molecule has 0 atom stereocenters. The molecule has 0 radical (unpaired) electrons. The van der Waals surface area contributed by atoms with E-state index in [1.807, 2.05) is 52.0 Å². The van der Waals surface area contributed by atoms with Gasteiger partial charge >= 0.3 is 6.09 Å². The molecule has 4 nitrogen and oxygen atoms in total. The Morgan fingerprint density at radius 3 is 2.50 bits per heavy atom. The number of hydrogen-bond acceptors (Lipinski definition) is 3. The number of aliphatic hydroxyl groups is 1. The van der Waals surface area contributed by atoms with Crippen molar-refractivity contribution in [1.29, 1.82) is 0 Å². The van der Waals surface area contributed by atoms with Crippen LogP contribution in [0.2, 0.25) is 0 Å². The predicted molar refractivity (Wildman–Crippen MR) is 78.9 cm³/mol. The maximum atomic E-state index is 12.4. The molecule has 0 bridgehead atoms. The number of para-hydroxylation sites is 1. The number of ether oxygens (including phenoxy) is 1. The highest BCUT2D eigenvalue weighted by atomic mass is 16.6. The number of carbonyl (C=O) groups is 1. The number of aromatic nitrogens is 1. The summed E-state index contributed by atoms with van der Waals surface area (Å²) in [6, 6.07) is 7.57. The molecule has 0 saturated heterocycles. The van der Waals surface area contributed by atoms with Gasteiger partial charge in [-0.1, -0.05) is 25.1 Å². The van der Waals surface area contributed by atoms with Crippen LogP contribution in [0.4, 0.5) is 4.79 Å². The Kier molecular flexibility index (Phi) is 3.86. The number of aliphatic hydroxyl groups excluding tert-OH is 1. The maximum Gasteiger partial charge on any atom is 0.419 e. The van der Waals surface area contributed by atoms with Gasteiger partial charge < -0.3 is 9.84 Å². The molecule has 0 spiro atoms. The topological polar surface area (TPSA) is 51.5 Å². The lowest BCUT2D eigenvalue weighted by atomic mass is 10.1. The Hall–Kier alpha value is -1.81. The highest BCUT2D eigenvalue weighted by Crippen LogP contribution is 2.27. The highest BCUT2D eigenvalue weighted by molar-refractivity contribution is 5.93. The van der Waals surface area contributed by atoms with Crippen LogP contribution in [0.15, 0.2) is 24.3 Å². The summed E-state index contributed by atoms with van der Waals surface area (Å²) in [5.41, 5.74) is 1.84. The third-order valence-corrected chi connectivity index (χ3v) is 3.16. The zero-order chi connectivity index (χ0) is 14.9. The fourth-order valence-electron chi connectivity index (χ4n) is 2.42. The molecule has 0 aliphatic carbocycles. The average molecular weight is 275 g/mol. The van der Waals surface area contributed by atoms with Gasteiger partial charge in [-0.25, -0.2) is 9.36 Å². The van der Waals surface area contributed by atoms with E-state index in [4.69, 9.17) is 4.74 Å². The van der Waals surface area contributed by atoms with Crippen LogP contribution < -0.4 is 0 Å². The summed E-state index contributed by atoms with van der Waals surface area (Å²) >= 11 is 0. The summed E-state index contributed by atoms with van der Waals surface area (Å²) in [6.07, 6.45) is 0.259. The number of fused-ring (bicyclic) bond motifs is 1. The van der Waals surface area contributed by atoms with Crippen molar-refractivity contribution < 1.29 is 14.6 Å². The van der Waals surface area contributed by atoms with E-state index < -0.39 is 11.7 Å². The number of hydrogen-bond donors (Lipinski definition) is 1. The smallest absolute Gasteiger partial charge is 0.419 e. The molecule has 1 aromatic heterocycles. The molecule has 0 amide bonds. The van der Waals surface area contributed by atoms with Gasteiger partial charge in [0.05, 0.1) is 12.1 Å². The molecule has 2 aromatic rings. The zero-order valence-corrected chi connectivity index (χ0v) is 12.4. The first-order valence-corrected chi connectivity index (χ1v) is 6.84. The van der Waals surface area contributed by atoms with Crippen molar-refractivity contribution in [2.45, 2.75) is 46.3 Å². The van der Waals surface area contributed by atoms with Gasteiger partial charge in [-0.15, -0.1) is 0 Å². The van der Waals surface area contributed by atoms with Crippen LogP contribution >= 0.6 is 0 Å². The summed E-state index contributed by atoms with van der Waals surface area (Å²) < 4.78 is 7.05. The second kappa shape index (κ2) is 5.29. The molecule has 1 aromatic carbocycles. The van der Waals surface area contributed by atoms with Crippen LogP contribution in [0.25, 0.3) is 10.9 Å². The van der Waals surface area contributed by atoms with Crippen molar-refractivity contribution in [1.82, 2.24) is 4.57 Å². The quantitative estimate of drug-likeness (QED) is 0.913. The Labute approximate surface area is 119 Å². The Morgan fingerprint density at radius 2 is 1.95 bits per heavy atom. The van der Waals surface area contributed by atoms with E-state index in [0.717, 1.165) is 22.2 Å². The molecule has 1 N–H and O–H groups in total. The predicted octanol–water partition coefficient (Wildman–Crippen LogP) is 3.48. The van der Waals surface area contributed by atoms with Crippen LogP contribution in [0.1, 0.15) is 39.0 Å². The minimum atomic E-state index is -0.549. The van der Waals surface area contributed by atoms with Crippen molar-refractivity contribution >= 4 is 17.0 Å². The molecule has 0 unspecified atom stereocenters. The van der Waals surface area contributed by atoms with E-state index >= 15 is 0 Å². The second-order valence-corrected chi connectivity index (χ2v) is 5.77. The van der Waals surface area contributed by atoms with E-state index in [1.165, 1.54) is 0 Å². The number of nitrogens with zero attached hydrogens (tertiary/aromatic N) is 1. The molecule has 108 valence electrons. The molecule has 0 aliphatic rings. The fraction of sp³-hybridized carbons (Fsp3) is 0.438. The summed E-state index contributed by atoms with van der Waals surface area (Å²) in [5.74, 6) is 0. The number of carbonyl (C=O) groups excluding carboxylic acids is 1. The molecular formula is C16H21NO3. The van der Waals surface area contributed by atoms with E-state index in [1.54, 1.807) is 4.57 Å². The van der Waals surface area contributed by atoms with Gasteiger partial charge in [-0.3, -0.25) is 0 Å². The third kappa shape index (κ3) is 2.56.